The van der Waals surface area contributed by atoms with Crippen molar-refractivity contribution in [2.45, 2.75) is 13.3 Å². The minimum absolute atomic E-state index is 0.0152. The Hall–Kier alpha value is -3.05. The normalized spacial score (nSPS) is 10.4. The van der Waals surface area contributed by atoms with Gasteiger partial charge in [0.25, 0.3) is 11.8 Å². The summed E-state index contributed by atoms with van der Waals surface area (Å²) in [5.74, 6) is -1.31. The van der Waals surface area contributed by atoms with Crippen LogP contribution in [0.5, 0.6) is 0 Å². The number of hydrogen-bond donors (Lipinski definition) is 2. The molecule has 0 fully saturated rings. The Morgan fingerprint density at radius 2 is 2.04 bits per heavy atom. The number of rotatable bonds is 7. The number of carbonyl (C=O) groups is 3. The molecule has 0 aliphatic carbocycles. The van der Waals surface area contributed by atoms with Gasteiger partial charge in [0.05, 0.1) is 23.6 Å². The van der Waals surface area contributed by atoms with Crippen LogP contribution in [0.1, 0.15) is 32.8 Å². The lowest BCUT2D eigenvalue weighted by atomic mass is 10.3. The van der Waals surface area contributed by atoms with E-state index in [1.807, 2.05) is 0 Å². The average molecular weight is 406 g/mol. The number of oxazole rings is 1. The summed E-state index contributed by atoms with van der Waals surface area (Å²) in [5.41, 5.74) is 0.483. The van der Waals surface area contributed by atoms with Crippen LogP contribution in [-0.2, 0) is 16.0 Å². The third-order valence-electron chi connectivity index (χ3n) is 3.11. The van der Waals surface area contributed by atoms with E-state index in [-0.39, 0.29) is 30.0 Å². The van der Waals surface area contributed by atoms with Crippen LogP contribution >= 0.6 is 22.7 Å². The van der Waals surface area contributed by atoms with Crippen molar-refractivity contribution in [3.05, 3.63) is 45.4 Å². The van der Waals surface area contributed by atoms with Crippen LogP contribution in [0.2, 0.25) is 0 Å². The molecule has 0 saturated heterocycles. The highest BCUT2D eigenvalue weighted by Crippen LogP contribution is 2.18. The van der Waals surface area contributed by atoms with E-state index in [4.69, 9.17) is 9.15 Å². The second-order valence-corrected chi connectivity index (χ2v) is 6.86. The number of thiazole rings is 1. The van der Waals surface area contributed by atoms with E-state index in [1.165, 1.54) is 22.7 Å². The van der Waals surface area contributed by atoms with Gasteiger partial charge in [0.2, 0.25) is 0 Å². The van der Waals surface area contributed by atoms with Gasteiger partial charge in [0.1, 0.15) is 6.26 Å². The van der Waals surface area contributed by atoms with Gasteiger partial charge in [-0.15, -0.1) is 22.7 Å². The first-order valence-electron chi connectivity index (χ1n) is 7.77. The maximum absolute atomic E-state index is 12.2. The summed E-state index contributed by atoms with van der Waals surface area (Å²) in [4.78, 5) is 44.2. The van der Waals surface area contributed by atoms with Crippen LogP contribution in [0.4, 0.5) is 11.1 Å². The predicted molar refractivity (Wildman–Crippen MR) is 99.2 cm³/mol. The lowest BCUT2D eigenvalue weighted by molar-refractivity contribution is -0.142. The molecule has 9 nitrogen and oxygen atoms in total. The van der Waals surface area contributed by atoms with Gasteiger partial charge in [-0.25, -0.2) is 4.98 Å². The fourth-order valence-electron chi connectivity index (χ4n) is 1.97. The minimum Gasteiger partial charge on any atom is -0.466 e. The quantitative estimate of drug-likeness (QED) is 0.578. The molecule has 2 amide bonds. The summed E-state index contributed by atoms with van der Waals surface area (Å²) in [7, 11) is 0. The SMILES string of the molecule is CCOC(=O)Cc1csc(NC(=O)c2coc(NC(=O)c3cccs3)n2)n1. The van der Waals surface area contributed by atoms with Crippen molar-refractivity contribution < 1.29 is 23.5 Å². The second kappa shape index (κ2) is 8.56. The summed E-state index contributed by atoms with van der Waals surface area (Å²) in [6, 6.07) is 3.33. The first kappa shape index (κ1) is 18.7. The van der Waals surface area contributed by atoms with Gasteiger partial charge in [-0.3, -0.25) is 25.0 Å². The molecule has 2 N–H and O–H groups in total. The van der Waals surface area contributed by atoms with Gasteiger partial charge in [0, 0.05) is 5.38 Å². The second-order valence-electron chi connectivity index (χ2n) is 5.05. The summed E-state index contributed by atoms with van der Waals surface area (Å²) in [6.07, 6.45) is 1.16. The molecular weight excluding hydrogens is 392 g/mol. The largest absolute Gasteiger partial charge is 0.466 e. The van der Waals surface area contributed by atoms with Crippen LogP contribution in [0.25, 0.3) is 0 Å². The van der Waals surface area contributed by atoms with Gasteiger partial charge >= 0.3 is 12.0 Å². The van der Waals surface area contributed by atoms with Crippen LogP contribution in [0.3, 0.4) is 0 Å². The van der Waals surface area contributed by atoms with Crippen molar-refractivity contribution in [1.29, 1.82) is 0 Å². The highest BCUT2D eigenvalue weighted by molar-refractivity contribution is 7.14. The number of anilines is 2. The number of ether oxygens (including phenoxy) is 1. The number of nitrogens with one attached hydrogen (secondary N) is 2. The van der Waals surface area contributed by atoms with Crippen molar-refractivity contribution in [2.75, 3.05) is 17.2 Å². The van der Waals surface area contributed by atoms with Gasteiger partial charge in [0.15, 0.2) is 10.8 Å². The van der Waals surface area contributed by atoms with Crippen molar-refractivity contribution in [2.24, 2.45) is 0 Å². The van der Waals surface area contributed by atoms with E-state index >= 15 is 0 Å². The van der Waals surface area contributed by atoms with Gasteiger partial charge in [-0.2, -0.15) is 4.98 Å². The molecule has 3 aromatic rings. The van der Waals surface area contributed by atoms with E-state index in [0.717, 1.165) is 6.26 Å². The molecule has 0 unspecified atom stereocenters. The van der Waals surface area contributed by atoms with Crippen molar-refractivity contribution in [3.63, 3.8) is 0 Å². The monoisotopic (exact) mass is 406 g/mol. The third-order valence-corrected chi connectivity index (χ3v) is 4.78. The van der Waals surface area contributed by atoms with Gasteiger partial charge in [-0.1, -0.05) is 6.07 Å². The molecule has 0 atom stereocenters. The zero-order valence-corrected chi connectivity index (χ0v) is 15.7. The highest BCUT2D eigenvalue weighted by Gasteiger charge is 2.17. The Balaban J connectivity index is 1.57. The van der Waals surface area contributed by atoms with Crippen molar-refractivity contribution in [1.82, 2.24) is 9.97 Å². The first-order chi connectivity index (χ1) is 13.0. The summed E-state index contributed by atoms with van der Waals surface area (Å²) in [6.45, 7) is 2.02. The molecule has 3 rings (SSSR count). The minimum atomic E-state index is -0.549. The zero-order chi connectivity index (χ0) is 19.2. The Kier molecular flexibility index (Phi) is 5.94. The Morgan fingerprint density at radius 1 is 1.19 bits per heavy atom. The molecule has 0 spiro atoms. The molecule has 27 heavy (non-hydrogen) atoms. The average Bonchev–Trinajstić information content (AvgIpc) is 3.36. The van der Waals surface area contributed by atoms with E-state index in [1.54, 1.807) is 29.8 Å². The smallest absolute Gasteiger partial charge is 0.311 e. The molecule has 0 bridgehead atoms. The summed E-state index contributed by atoms with van der Waals surface area (Å²) >= 11 is 2.44. The standard InChI is InChI=1S/C16H14N4O5S2/c1-2-24-12(21)6-9-8-27-16(17-9)20-13(22)10-7-25-15(18-10)19-14(23)11-4-3-5-26-11/h3-5,7-8H,2,6H2,1H3,(H,17,20,22)(H,18,19,23). The number of esters is 1. The summed E-state index contributed by atoms with van der Waals surface area (Å²) in [5, 5.41) is 8.77. The van der Waals surface area contributed by atoms with E-state index in [0.29, 0.717) is 22.3 Å². The van der Waals surface area contributed by atoms with E-state index in [2.05, 4.69) is 20.6 Å². The number of nitrogens with zero attached hydrogens (tertiary/aromatic N) is 2. The number of thiophene rings is 1. The van der Waals surface area contributed by atoms with Gasteiger partial charge in [-0.05, 0) is 18.4 Å². The van der Waals surface area contributed by atoms with E-state index < -0.39 is 5.91 Å². The Morgan fingerprint density at radius 3 is 2.78 bits per heavy atom. The number of amides is 2. The lowest BCUT2D eigenvalue weighted by Crippen LogP contribution is -2.14. The molecule has 140 valence electrons. The fraction of sp³-hybridized carbons (Fsp3) is 0.188. The van der Waals surface area contributed by atoms with Crippen LogP contribution < -0.4 is 10.6 Å². The Labute approximate surface area is 161 Å². The fourth-order valence-corrected chi connectivity index (χ4v) is 3.29. The van der Waals surface area contributed by atoms with E-state index in [9.17, 15) is 14.4 Å². The molecule has 0 saturated carbocycles. The third kappa shape index (κ3) is 4.99. The molecule has 0 aliphatic rings. The zero-order valence-electron chi connectivity index (χ0n) is 14.1. The molecule has 3 aromatic heterocycles. The molecule has 0 aromatic carbocycles. The lowest BCUT2D eigenvalue weighted by Gasteiger charge is -1.99. The van der Waals surface area contributed by atoms with Crippen LogP contribution in [0.15, 0.2) is 33.6 Å². The molecular formula is C16H14N4O5S2. The predicted octanol–water partition coefficient (Wildman–Crippen LogP) is 2.80. The Bertz CT molecular complexity index is 948. The maximum atomic E-state index is 12.2. The molecule has 11 heteroatoms. The first-order valence-corrected chi connectivity index (χ1v) is 9.53. The maximum Gasteiger partial charge on any atom is 0.311 e. The molecule has 0 radical (unpaired) electrons. The number of aromatic nitrogens is 2. The van der Waals surface area contributed by atoms with Crippen LogP contribution in [0, 0.1) is 0 Å². The number of carbonyl (C=O) groups excluding carboxylic acids is 3. The summed E-state index contributed by atoms with van der Waals surface area (Å²) < 4.78 is 9.95. The highest BCUT2D eigenvalue weighted by atomic mass is 32.1. The van der Waals surface area contributed by atoms with Crippen LogP contribution in [-0.4, -0.2) is 34.4 Å². The molecule has 3 heterocycles. The number of hydrogen-bond acceptors (Lipinski definition) is 9. The van der Waals surface area contributed by atoms with Crippen molar-refractivity contribution >= 4 is 51.6 Å². The van der Waals surface area contributed by atoms with Gasteiger partial charge < -0.3 is 9.15 Å². The molecule has 0 aliphatic heterocycles. The van der Waals surface area contributed by atoms with Crippen molar-refractivity contribution in [3.8, 4) is 0 Å². The topological polar surface area (TPSA) is 123 Å².